The molecule has 32 heavy (non-hydrogen) atoms. The molecule has 1 amide bonds. The van der Waals surface area contributed by atoms with Crippen LogP contribution in [0.3, 0.4) is 0 Å². The largest absolute Gasteiger partial charge is 0.486 e. The first-order valence-corrected chi connectivity index (χ1v) is 11.3. The molecule has 1 aromatic carbocycles. The van der Waals surface area contributed by atoms with Gasteiger partial charge in [-0.05, 0) is 61.4 Å². The maximum Gasteiger partial charge on any atom is 0.276 e. The lowest BCUT2D eigenvalue weighted by Crippen LogP contribution is -2.35. The van der Waals surface area contributed by atoms with E-state index in [4.69, 9.17) is 9.26 Å². The molecule has 0 spiro atoms. The average molecular weight is 434 g/mol. The van der Waals surface area contributed by atoms with E-state index < -0.39 is 0 Å². The number of nitrogens with zero attached hydrogens (tertiary/aromatic N) is 5. The van der Waals surface area contributed by atoms with E-state index >= 15 is 0 Å². The number of hydrogen-bond donors (Lipinski definition) is 0. The molecular weight excluding hydrogens is 406 g/mol. The molecule has 0 N–H and O–H groups in total. The molecule has 1 aliphatic heterocycles. The van der Waals surface area contributed by atoms with Gasteiger partial charge in [-0.15, -0.1) is 0 Å². The minimum Gasteiger partial charge on any atom is -0.486 e. The molecular formula is C24H27N5O3. The van der Waals surface area contributed by atoms with Crippen molar-refractivity contribution in [2.24, 2.45) is 0 Å². The third-order valence-corrected chi connectivity index (χ3v) is 6.10. The monoisotopic (exact) mass is 433 g/mol. The molecule has 166 valence electrons. The van der Waals surface area contributed by atoms with Crippen molar-refractivity contribution in [1.29, 1.82) is 0 Å². The van der Waals surface area contributed by atoms with Crippen molar-refractivity contribution in [3.63, 3.8) is 0 Å². The Balaban J connectivity index is 1.17. The number of aromatic nitrogens is 3. The molecule has 0 radical (unpaired) electrons. The van der Waals surface area contributed by atoms with Crippen LogP contribution in [0.25, 0.3) is 0 Å². The van der Waals surface area contributed by atoms with Crippen molar-refractivity contribution in [3.05, 3.63) is 65.3 Å². The minimum atomic E-state index is -0.121. The SMILES string of the molecule is O=C(c1cc(COc2ccc3c(c2)CCCC3)on1)N1CCCN(c2ncccn2)CC1. The van der Waals surface area contributed by atoms with Gasteiger partial charge < -0.3 is 19.1 Å². The molecule has 8 nitrogen and oxygen atoms in total. The number of hydrogen-bond acceptors (Lipinski definition) is 7. The Morgan fingerprint density at radius 3 is 2.69 bits per heavy atom. The van der Waals surface area contributed by atoms with Gasteiger partial charge in [0.15, 0.2) is 11.5 Å². The number of aryl methyl sites for hydroxylation is 2. The predicted molar refractivity (Wildman–Crippen MR) is 119 cm³/mol. The fourth-order valence-electron chi connectivity index (χ4n) is 4.37. The predicted octanol–water partition coefficient (Wildman–Crippen LogP) is 3.27. The van der Waals surface area contributed by atoms with E-state index in [0.717, 1.165) is 31.6 Å². The molecule has 3 heterocycles. The number of ether oxygens (including phenoxy) is 1. The van der Waals surface area contributed by atoms with Crippen molar-refractivity contribution in [3.8, 4) is 5.75 Å². The second kappa shape index (κ2) is 9.38. The molecule has 8 heteroatoms. The summed E-state index contributed by atoms with van der Waals surface area (Å²) in [5.41, 5.74) is 3.11. The highest BCUT2D eigenvalue weighted by Gasteiger charge is 2.24. The van der Waals surface area contributed by atoms with Gasteiger partial charge in [0.05, 0.1) is 0 Å². The van der Waals surface area contributed by atoms with Crippen LogP contribution < -0.4 is 9.64 Å². The smallest absolute Gasteiger partial charge is 0.276 e. The molecule has 2 aromatic heterocycles. The van der Waals surface area contributed by atoms with E-state index in [9.17, 15) is 4.79 Å². The van der Waals surface area contributed by atoms with Crippen molar-refractivity contribution in [1.82, 2.24) is 20.0 Å². The van der Waals surface area contributed by atoms with E-state index in [1.807, 2.05) is 11.0 Å². The van der Waals surface area contributed by atoms with E-state index in [1.54, 1.807) is 24.5 Å². The van der Waals surface area contributed by atoms with E-state index in [2.05, 4.69) is 32.2 Å². The van der Waals surface area contributed by atoms with Gasteiger partial charge in [0.25, 0.3) is 5.91 Å². The van der Waals surface area contributed by atoms with Crippen LogP contribution in [-0.2, 0) is 19.4 Å². The quantitative estimate of drug-likeness (QED) is 0.610. The van der Waals surface area contributed by atoms with Crippen molar-refractivity contribution in [2.45, 2.75) is 38.7 Å². The van der Waals surface area contributed by atoms with Crippen molar-refractivity contribution < 1.29 is 14.1 Å². The van der Waals surface area contributed by atoms with E-state index in [1.165, 1.54) is 24.0 Å². The second-order valence-corrected chi connectivity index (χ2v) is 8.29. The Labute approximate surface area is 187 Å². The zero-order chi connectivity index (χ0) is 21.8. The Kier molecular flexibility index (Phi) is 6.00. The topological polar surface area (TPSA) is 84.6 Å². The van der Waals surface area contributed by atoms with Gasteiger partial charge in [0.1, 0.15) is 12.4 Å². The lowest BCUT2D eigenvalue weighted by Gasteiger charge is -2.21. The zero-order valence-corrected chi connectivity index (χ0v) is 18.1. The first-order chi connectivity index (χ1) is 15.8. The highest BCUT2D eigenvalue weighted by molar-refractivity contribution is 5.92. The summed E-state index contributed by atoms with van der Waals surface area (Å²) in [7, 11) is 0. The number of amides is 1. The Morgan fingerprint density at radius 2 is 1.81 bits per heavy atom. The van der Waals surface area contributed by atoms with Gasteiger partial charge >= 0.3 is 0 Å². The molecule has 0 unspecified atom stereocenters. The van der Waals surface area contributed by atoms with Gasteiger partial charge in [-0.2, -0.15) is 0 Å². The highest BCUT2D eigenvalue weighted by atomic mass is 16.5. The normalized spacial score (nSPS) is 16.4. The van der Waals surface area contributed by atoms with E-state index in [0.29, 0.717) is 37.0 Å². The lowest BCUT2D eigenvalue weighted by molar-refractivity contribution is 0.0756. The summed E-state index contributed by atoms with van der Waals surface area (Å²) in [6, 6.07) is 9.77. The van der Waals surface area contributed by atoms with Crippen LogP contribution in [0.4, 0.5) is 5.95 Å². The van der Waals surface area contributed by atoms with Crippen LogP contribution in [0, 0.1) is 0 Å². The highest BCUT2D eigenvalue weighted by Crippen LogP contribution is 2.26. The van der Waals surface area contributed by atoms with Gasteiger partial charge in [0.2, 0.25) is 5.95 Å². The van der Waals surface area contributed by atoms with E-state index in [-0.39, 0.29) is 12.5 Å². The number of fused-ring (bicyclic) bond motifs is 1. The summed E-state index contributed by atoms with van der Waals surface area (Å²) in [5, 5.41) is 4.00. The molecule has 2 aliphatic rings. The van der Waals surface area contributed by atoms with Gasteiger partial charge in [-0.3, -0.25) is 4.79 Å². The number of carbonyl (C=O) groups excluding carboxylic acids is 1. The average Bonchev–Trinajstić information content (AvgIpc) is 3.18. The first-order valence-electron chi connectivity index (χ1n) is 11.3. The van der Waals surface area contributed by atoms with Crippen LogP contribution in [-0.4, -0.2) is 52.1 Å². The Morgan fingerprint density at radius 1 is 0.969 bits per heavy atom. The summed E-state index contributed by atoms with van der Waals surface area (Å²) >= 11 is 0. The molecule has 5 rings (SSSR count). The van der Waals surface area contributed by atoms with Gasteiger partial charge in [0, 0.05) is 44.6 Å². The van der Waals surface area contributed by atoms with Gasteiger partial charge in [-0.1, -0.05) is 11.2 Å². The molecule has 0 bridgehead atoms. The fourth-order valence-corrected chi connectivity index (χ4v) is 4.37. The molecule has 0 atom stereocenters. The number of benzene rings is 1. The third kappa shape index (κ3) is 4.59. The molecule has 1 aliphatic carbocycles. The van der Waals surface area contributed by atoms with Crippen LogP contribution >= 0.6 is 0 Å². The van der Waals surface area contributed by atoms with Crippen molar-refractivity contribution >= 4 is 11.9 Å². The standard InChI is InChI=1S/C24H27N5O3/c30-23(28-11-4-12-29(14-13-28)24-25-9-3-10-26-24)22-16-21(32-27-22)17-31-20-8-7-18-5-1-2-6-19(18)15-20/h3,7-10,15-16H,1-2,4-6,11-14,17H2. The summed E-state index contributed by atoms with van der Waals surface area (Å²) in [4.78, 5) is 25.5. The minimum absolute atomic E-state index is 0.121. The summed E-state index contributed by atoms with van der Waals surface area (Å²) in [6.07, 6.45) is 9.07. The van der Waals surface area contributed by atoms with Gasteiger partial charge in [-0.25, -0.2) is 9.97 Å². The molecule has 1 saturated heterocycles. The van der Waals surface area contributed by atoms with Crippen LogP contribution in [0.2, 0.25) is 0 Å². The summed E-state index contributed by atoms with van der Waals surface area (Å²) in [5.74, 6) is 1.94. The van der Waals surface area contributed by atoms with Crippen LogP contribution in [0.5, 0.6) is 5.75 Å². The lowest BCUT2D eigenvalue weighted by atomic mass is 9.92. The van der Waals surface area contributed by atoms with Crippen molar-refractivity contribution in [2.75, 3.05) is 31.1 Å². The number of carbonyl (C=O) groups is 1. The summed E-state index contributed by atoms with van der Waals surface area (Å²) < 4.78 is 11.3. The van der Waals surface area contributed by atoms with Crippen LogP contribution in [0.1, 0.15) is 46.6 Å². The molecule has 0 saturated carbocycles. The zero-order valence-electron chi connectivity index (χ0n) is 18.1. The molecule has 1 fully saturated rings. The maximum absolute atomic E-state index is 13.0. The first kappa shape index (κ1) is 20.5. The second-order valence-electron chi connectivity index (χ2n) is 8.29. The maximum atomic E-state index is 13.0. The molecule has 3 aromatic rings. The Hall–Kier alpha value is -3.42. The number of anilines is 1. The fraction of sp³-hybridized carbons (Fsp3) is 0.417. The third-order valence-electron chi connectivity index (χ3n) is 6.10. The summed E-state index contributed by atoms with van der Waals surface area (Å²) in [6.45, 7) is 2.99. The van der Waals surface area contributed by atoms with Crippen LogP contribution in [0.15, 0.2) is 47.2 Å². The Bertz CT molecular complexity index is 1070. The number of rotatable bonds is 5.